The van der Waals surface area contributed by atoms with Crippen molar-refractivity contribution in [1.29, 1.82) is 0 Å². The van der Waals surface area contributed by atoms with E-state index in [1.807, 2.05) is 24.3 Å². The van der Waals surface area contributed by atoms with Crippen molar-refractivity contribution in [2.24, 2.45) is 0 Å². The molecule has 4 rings (SSSR count). The molecule has 0 aliphatic rings. The molecule has 3 aromatic carbocycles. The lowest BCUT2D eigenvalue weighted by Crippen LogP contribution is -2.07. The third-order valence-corrected chi connectivity index (χ3v) is 5.42. The van der Waals surface area contributed by atoms with Crippen LogP contribution in [0.25, 0.3) is 22.0 Å². The zero-order valence-corrected chi connectivity index (χ0v) is 16.9. The molecule has 0 saturated heterocycles. The normalized spacial score (nSPS) is 11.7. The molecule has 0 atom stereocenters. The number of phenolic OH excluding ortho intramolecular Hbond substituents is 1. The highest BCUT2D eigenvalue weighted by molar-refractivity contribution is 5.98. The van der Waals surface area contributed by atoms with E-state index in [0.717, 1.165) is 30.9 Å². The summed E-state index contributed by atoms with van der Waals surface area (Å²) < 4.78 is 40.6. The van der Waals surface area contributed by atoms with Gasteiger partial charge in [0.2, 0.25) is 0 Å². The van der Waals surface area contributed by atoms with Gasteiger partial charge < -0.3 is 5.11 Å². The number of unbranched alkanes of at least 4 members (excludes halogenated alkanes) is 1. The Morgan fingerprint density at radius 1 is 0.806 bits per heavy atom. The number of para-hydroxylation sites is 1. The lowest BCUT2D eigenvalue weighted by Gasteiger charge is -2.16. The van der Waals surface area contributed by atoms with Crippen molar-refractivity contribution in [3.63, 3.8) is 0 Å². The molecule has 2 nitrogen and oxygen atoms in total. The summed E-state index contributed by atoms with van der Waals surface area (Å²) in [5.74, 6) is 0.0736. The first-order valence-electron chi connectivity index (χ1n) is 10.2. The van der Waals surface area contributed by atoms with Crippen molar-refractivity contribution in [1.82, 2.24) is 4.98 Å². The van der Waals surface area contributed by atoms with E-state index >= 15 is 0 Å². The minimum Gasteiger partial charge on any atom is -0.508 e. The number of rotatable bonds is 6. The van der Waals surface area contributed by atoms with Gasteiger partial charge in [0.05, 0.1) is 11.1 Å². The number of fused-ring (bicyclic) bond motifs is 1. The lowest BCUT2D eigenvalue weighted by atomic mass is 9.92. The van der Waals surface area contributed by atoms with Crippen LogP contribution in [0.1, 0.15) is 29.5 Å². The monoisotopic (exact) mass is 421 g/mol. The zero-order valence-electron chi connectivity index (χ0n) is 16.9. The van der Waals surface area contributed by atoms with Crippen molar-refractivity contribution < 1.29 is 18.3 Å². The first kappa shape index (κ1) is 20.9. The molecule has 0 saturated carbocycles. The van der Waals surface area contributed by atoms with Gasteiger partial charge in [0, 0.05) is 11.6 Å². The summed E-state index contributed by atoms with van der Waals surface area (Å²) >= 11 is 0. The Balaban J connectivity index is 1.71. The SMILES string of the molecule is Oc1cccc(-c2c(CCCCc3ccccc3)cnc3c(C(F)(F)F)cccc23)c1. The Morgan fingerprint density at radius 3 is 2.29 bits per heavy atom. The average Bonchev–Trinajstić information content (AvgIpc) is 2.76. The van der Waals surface area contributed by atoms with Crippen molar-refractivity contribution >= 4 is 10.9 Å². The summed E-state index contributed by atoms with van der Waals surface area (Å²) in [5, 5.41) is 10.4. The summed E-state index contributed by atoms with van der Waals surface area (Å²) in [6, 6.07) is 21.0. The molecule has 0 fully saturated rings. The van der Waals surface area contributed by atoms with Crippen LogP contribution in [0.5, 0.6) is 5.75 Å². The summed E-state index contributed by atoms with van der Waals surface area (Å²) in [7, 11) is 0. The van der Waals surface area contributed by atoms with Crippen LogP contribution in [0.2, 0.25) is 0 Å². The largest absolute Gasteiger partial charge is 0.508 e. The molecule has 158 valence electrons. The molecule has 31 heavy (non-hydrogen) atoms. The van der Waals surface area contributed by atoms with Crippen LogP contribution in [0.15, 0.2) is 79.0 Å². The average molecular weight is 421 g/mol. The highest BCUT2D eigenvalue weighted by Gasteiger charge is 2.33. The molecule has 4 aromatic rings. The Labute approximate surface area is 179 Å². The summed E-state index contributed by atoms with van der Waals surface area (Å²) in [6.45, 7) is 0. The number of nitrogens with zero attached hydrogens (tertiary/aromatic N) is 1. The van der Waals surface area contributed by atoms with Gasteiger partial charge in [0.15, 0.2) is 0 Å². The predicted octanol–water partition coefficient (Wildman–Crippen LogP) is 7.19. The third-order valence-electron chi connectivity index (χ3n) is 5.42. The van der Waals surface area contributed by atoms with Crippen molar-refractivity contribution in [2.45, 2.75) is 31.9 Å². The Bertz CT molecular complexity index is 1190. The van der Waals surface area contributed by atoms with E-state index in [9.17, 15) is 18.3 Å². The highest BCUT2D eigenvalue weighted by atomic mass is 19.4. The molecule has 1 heterocycles. The Morgan fingerprint density at radius 2 is 1.55 bits per heavy atom. The fourth-order valence-corrected chi connectivity index (χ4v) is 3.97. The van der Waals surface area contributed by atoms with Crippen LogP contribution in [0.4, 0.5) is 13.2 Å². The van der Waals surface area contributed by atoms with E-state index in [1.165, 1.54) is 11.6 Å². The first-order valence-corrected chi connectivity index (χ1v) is 10.2. The molecule has 0 aliphatic heterocycles. The van der Waals surface area contributed by atoms with Gasteiger partial charge in [-0.3, -0.25) is 4.98 Å². The van der Waals surface area contributed by atoms with Crippen LogP contribution in [0, 0.1) is 0 Å². The fraction of sp³-hybridized carbons (Fsp3) is 0.192. The van der Waals surface area contributed by atoms with Gasteiger partial charge in [-0.25, -0.2) is 0 Å². The van der Waals surface area contributed by atoms with Gasteiger partial charge in [0.1, 0.15) is 5.75 Å². The van der Waals surface area contributed by atoms with Gasteiger partial charge in [-0.2, -0.15) is 13.2 Å². The second-order valence-electron chi connectivity index (χ2n) is 7.60. The number of pyridine rings is 1. The Hall–Kier alpha value is -3.34. The van der Waals surface area contributed by atoms with Crippen LogP contribution in [-0.2, 0) is 19.0 Å². The first-order chi connectivity index (χ1) is 14.9. The zero-order chi connectivity index (χ0) is 21.8. The maximum atomic E-state index is 13.5. The van der Waals surface area contributed by atoms with E-state index in [-0.39, 0.29) is 11.3 Å². The number of phenols is 1. The van der Waals surface area contributed by atoms with Crippen molar-refractivity contribution in [2.75, 3.05) is 0 Å². The van der Waals surface area contributed by atoms with Gasteiger partial charge in [0.25, 0.3) is 0 Å². The lowest BCUT2D eigenvalue weighted by molar-refractivity contribution is -0.136. The number of benzene rings is 3. The standard InChI is InChI=1S/C26H22F3NO/c27-26(28,29)23-15-7-14-22-24(19-12-6-13-21(31)16-19)20(17-30-25(22)23)11-5-4-10-18-8-2-1-3-9-18/h1-3,6-9,12-17,31H,4-5,10-11H2. The topological polar surface area (TPSA) is 33.1 Å². The van der Waals surface area contributed by atoms with Gasteiger partial charge in [-0.1, -0.05) is 54.6 Å². The maximum Gasteiger partial charge on any atom is 0.418 e. The van der Waals surface area contributed by atoms with Gasteiger partial charge in [-0.05, 0) is 66.1 Å². The molecular weight excluding hydrogens is 399 g/mol. The van der Waals surface area contributed by atoms with Gasteiger partial charge in [-0.15, -0.1) is 0 Å². The predicted molar refractivity (Wildman–Crippen MR) is 117 cm³/mol. The summed E-state index contributed by atoms with van der Waals surface area (Å²) in [6.07, 6.45) is 0.550. The minimum absolute atomic E-state index is 0.0682. The van der Waals surface area contributed by atoms with Crippen LogP contribution in [-0.4, -0.2) is 10.1 Å². The summed E-state index contributed by atoms with van der Waals surface area (Å²) in [5.41, 5.74) is 2.72. The van der Waals surface area contributed by atoms with Gasteiger partial charge >= 0.3 is 6.18 Å². The molecule has 1 aromatic heterocycles. The second kappa shape index (κ2) is 8.80. The molecule has 0 radical (unpaired) electrons. The van der Waals surface area contributed by atoms with E-state index in [4.69, 9.17) is 0 Å². The molecule has 0 bridgehead atoms. The second-order valence-corrected chi connectivity index (χ2v) is 7.60. The number of halogens is 3. The number of aromatic hydroxyl groups is 1. The minimum atomic E-state index is -4.49. The highest BCUT2D eigenvalue weighted by Crippen LogP contribution is 2.39. The molecule has 5 heteroatoms. The molecule has 0 aliphatic carbocycles. The fourth-order valence-electron chi connectivity index (χ4n) is 3.97. The number of hydrogen-bond donors (Lipinski definition) is 1. The third kappa shape index (κ3) is 4.71. The van der Waals surface area contributed by atoms with Crippen LogP contribution < -0.4 is 0 Å². The number of aromatic nitrogens is 1. The quantitative estimate of drug-likeness (QED) is 0.334. The van der Waals surface area contributed by atoms with E-state index in [0.29, 0.717) is 22.9 Å². The molecule has 0 spiro atoms. The molecule has 0 unspecified atom stereocenters. The number of hydrogen-bond acceptors (Lipinski definition) is 2. The summed E-state index contributed by atoms with van der Waals surface area (Å²) in [4.78, 5) is 4.21. The maximum absolute atomic E-state index is 13.5. The van der Waals surface area contributed by atoms with Crippen molar-refractivity contribution in [3.8, 4) is 16.9 Å². The van der Waals surface area contributed by atoms with Crippen LogP contribution in [0.3, 0.4) is 0 Å². The molecular formula is C26H22F3NO. The smallest absolute Gasteiger partial charge is 0.418 e. The molecule has 1 N–H and O–H groups in total. The van der Waals surface area contributed by atoms with Crippen LogP contribution >= 0.6 is 0 Å². The van der Waals surface area contributed by atoms with E-state index < -0.39 is 11.7 Å². The Kier molecular flexibility index (Phi) is 5.94. The number of aryl methyl sites for hydroxylation is 2. The number of alkyl halides is 3. The van der Waals surface area contributed by atoms with Crippen molar-refractivity contribution in [3.05, 3.63) is 95.7 Å². The van der Waals surface area contributed by atoms with E-state index in [2.05, 4.69) is 17.1 Å². The molecule has 0 amide bonds. The van der Waals surface area contributed by atoms with E-state index in [1.54, 1.807) is 30.5 Å².